The van der Waals surface area contributed by atoms with E-state index in [1.54, 1.807) is 24.3 Å². The summed E-state index contributed by atoms with van der Waals surface area (Å²) in [4.78, 5) is 15.4. The van der Waals surface area contributed by atoms with E-state index >= 15 is 0 Å². The van der Waals surface area contributed by atoms with Crippen LogP contribution < -0.4 is 5.32 Å². The molecule has 2 aromatic rings. The summed E-state index contributed by atoms with van der Waals surface area (Å²) in [5, 5.41) is 3.02. The van der Waals surface area contributed by atoms with Gasteiger partial charge in [-0.15, -0.1) is 6.42 Å². The number of anilines is 1. The monoisotopic (exact) mass is 310 g/mol. The molecule has 5 heteroatoms. The van der Waals surface area contributed by atoms with Crippen LogP contribution >= 0.6 is 0 Å². The molecule has 1 atom stereocenters. The molecule has 1 unspecified atom stereocenters. The third-order valence-electron chi connectivity index (χ3n) is 3.73. The number of carbonyl (C=O) groups excluding carboxylic acids is 1. The molecule has 1 fully saturated rings. The van der Waals surface area contributed by atoms with Crippen LogP contribution in [0.4, 0.5) is 10.1 Å². The number of nitrogens with zero attached hydrogens (tertiary/aromatic N) is 1. The second kappa shape index (κ2) is 6.59. The van der Waals surface area contributed by atoms with Crippen molar-refractivity contribution in [1.29, 1.82) is 0 Å². The summed E-state index contributed by atoms with van der Waals surface area (Å²) in [7, 11) is 0. The van der Waals surface area contributed by atoms with Crippen LogP contribution in [0.5, 0.6) is 0 Å². The van der Waals surface area contributed by atoms with E-state index in [-0.39, 0.29) is 17.5 Å². The van der Waals surface area contributed by atoms with Crippen LogP contribution in [0.2, 0.25) is 0 Å². The number of pyridine rings is 1. The molecular formula is C18H15FN2O2. The molecule has 2 heterocycles. The number of hydrogen-bond donors (Lipinski definition) is 1. The van der Waals surface area contributed by atoms with Gasteiger partial charge in [-0.25, -0.2) is 9.37 Å². The first-order chi connectivity index (χ1) is 11.2. The topological polar surface area (TPSA) is 51.2 Å². The molecular weight excluding hydrogens is 295 g/mol. The Kier molecular flexibility index (Phi) is 4.35. The molecule has 0 aliphatic carbocycles. The SMILES string of the molecule is C#Cc1cccc(-c2nc(C=O)c(NCC3CCO3)cc2F)c1. The first-order valence-electron chi connectivity index (χ1n) is 7.29. The molecule has 0 radical (unpaired) electrons. The molecule has 3 rings (SSSR count). The summed E-state index contributed by atoms with van der Waals surface area (Å²) in [6.45, 7) is 1.26. The van der Waals surface area contributed by atoms with Crippen molar-refractivity contribution in [3.63, 3.8) is 0 Å². The first kappa shape index (κ1) is 15.2. The van der Waals surface area contributed by atoms with Gasteiger partial charge < -0.3 is 10.1 Å². The van der Waals surface area contributed by atoms with E-state index in [1.165, 1.54) is 6.07 Å². The lowest BCUT2D eigenvalue weighted by atomic mass is 10.1. The first-order valence-corrected chi connectivity index (χ1v) is 7.29. The standard InChI is InChI=1S/C18H15FN2O2/c1-2-12-4-3-5-13(8-12)18-15(19)9-16(17(11-22)21-18)20-10-14-6-7-23-14/h1,3-5,8-9,11,14,20H,6-7,10H2. The van der Waals surface area contributed by atoms with Gasteiger partial charge in [0.1, 0.15) is 11.4 Å². The maximum atomic E-state index is 14.4. The average molecular weight is 310 g/mol. The highest BCUT2D eigenvalue weighted by molar-refractivity contribution is 5.83. The Hall–Kier alpha value is -2.71. The van der Waals surface area contributed by atoms with Crippen LogP contribution in [0, 0.1) is 18.2 Å². The summed E-state index contributed by atoms with van der Waals surface area (Å²) < 4.78 is 19.7. The lowest BCUT2D eigenvalue weighted by Gasteiger charge is -2.27. The summed E-state index contributed by atoms with van der Waals surface area (Å²) in [5.74, 6) is 1.98. The maximum Gasteiger partial charge on any atom is 0.170 e. The van der Waals surface area contributed by atoms with Gasteiger partial charge in [0.2, 0.25) is 0 Å². The van der Waals surface area contributed by atoms with E-state index in [4.69, 9.17) is 11.2 Å². The summed E-state index contributed by atoms with van der Waals surface area (Å²) in [5.41, 5.74) is 1.79. The van der Waals surface area contributed by atoms with Gasteiger partial charge in [-0.05, 0) is 18.6 Å². The van der Waals surface area contributed by atoms with Gasteiger partial charge in [0, 0.05) is 30.3 Å². The number of carbonyl (C=O) groups is 1. The molecule has 1 saturated heterocycles. The normalized spacial score (nSPS) is 16.3. The number of nitrogens with one attached hydrogen (secondary N) is 1. The highest BCUT2D eigenvalue weighted by Gasteiger charge is 2.19. The molecule has 116 valence electrons. The van der Waals surface area contributed by atoms with Crippen LogP contribution in [0.15, 0.2) is 30.3 Å². The zero-order valence-corrected chi connectivity index (χ0v) is 12.4. The van der Waals surface area contributed by atoms with Crippen molar-refractivity contribution in [2.24, 2.45) is 0 Å². The summed E-state index contributed by atoms with van der Waals surface area (Å²) in [6, 6.07) is 8.13. The Labute approximate surface area is 133 Å². The van der Waals surface area contributed by atoms with Crippen molar-refractivity contribution >= 4 is 12.0 Å². The third-order valence-corrected chi connectivity index (χ3v) is 3.73. The van der Waals surface area contributed by atoms with Crippen molar-refractivity contribution in [3.8, 4) is 23.6 Å². The van der Waals surface area contributed by atoms with E-state index in [0.29, 0.717) is 29.6 Å². The highest BCUT2D eigenvalue weighted by atomic mass is 19.1. The quantitative estimate of drug-likeness (QED) is 0.681. The van der Waals surface area contributed by atoms with Gasteiger partial charge in [-0.1, -0.05) is 18.1 Å². The number of aldehydes is 1. The largest absolute Gasteiger partial charge is 0.381 e. The van der Waals surface area contributed by atoms with Crippen LogP contribution in [0.1, 0.15) is 22.5 Å². The van der Waals surface area contributed by atoms with Gasteiger partial charge in [0.05, 0.1) is 11.8 Å². The van der Waals surface area contributed by atoms with Crippen molar-refractivity contribution in [3.05, 3.63) is 47.4 Å². The second-order valence-corrected chi connectivity index (χ2v) is 5.26. The fourth-order valence-electron chi connectivity index (χ4n) is 2.36. The van der Waals surface area contributed by atoms with Gasteiger partial charge in [0.25, 0.3) is 0 Å². The molecule has 1 aromatic heterocycles. The molecule has 0 spiro atoms. The predicted octanol–water partition coefficient (Wildman–Crippen LogP) is 2.88. The van der Waals surface area contributed by atoms with E-state index in [2.05, 4.69) is 16.2 Å². The predicted molar refractivity (Wildman–Crippen MR) is 85.8 cm³/mol. The average Bonchev–Trinajstić information content (AvgIpc) is 2.53. The molecule has 23 heavy (non-hydrogen) atoms. The molecule has 4 nitrogen and oxygen atoms in total. The minimum absolute atomic E-state index is 0.101. The zero-order chi connectivity index (χ0) is 16.2. The van der Waals surface area contributed by atoms with Crippen LogP contribution in [-0.4, -0.2) is 30.5 Å². The van der Waals surface area contributed by atoms with Crippen molar-refractivity contribution in [1.82, 2.24) is 4.98 Å². The molecule has 1 N–H and O–H groups in total. The summed E-state index contributed by atoms with van der Waals surface area (Å²) >= 11 is 0. The number of halogens is 1. The zero-order valence-electron chi connectivity index (χ0n) is 12.4. The smallest absolute Gasteiger partial charge is 0.170 e. The highest BCUT2D eigenvalue weighted by Crippen LogP contribution is 2.26. The molecule has 1 aliphatic rings. The van der Waals surface area contributed by atoms with E-state index in [1.807, 2.05) is 0 Å². The lowest BCUT2D eigenvalue weighted by Crippen LogP contribution is -2.33. The number of benzene rings is 1. The number of hydrogen-bond acceptors (Lipinski definition) is 4. The Bertz CT molecular complexity index is 779. The Morgan fingerprint density at radius 1 is 1.48 bits per heavy atom. The van der Waals surface area contributed by atoms with Crippen molar-refractivity contribution < 1.29 is 13.9 Å². The summed E-state index contributed by atoms with van der Waals surface area (Å²) in [6.07, 6.45) is 7.02. The Balaban J connectivity index is 1.92. The van der Waals surface area contributed by atoms with Gasteiger partial charge >= 0.3 is 0 Å². The van der Waals surface area contributed by atoms with E-state index < -0.39 is 5.82 Å². The Morgan fingerprint density at radius 3 is 2.96 bits per heavy atom. The number of terminal acetylenes is 1. The van der Waals surface area contributed by atoms with Crippen LogP contribution in [0.25, 0.3) is 11.3 Å². The fourth-order valence-corrected chi connectivity index (χ4v) is 2.36. The number of ether oxygens (including phenoxy) is 1. The number of aromatic nitrogens is 1. The number of rotatable bonds is 5. The lowest BCUT2D eigenvalue weighted by molar-refractivity contribution is -0.0410. The third kappa shape index (κ3) is 3.22. The van der Waals surface area contributed by atoms with Crippen molar-refractivity contribution in [2.75, 3.05) is 18.5 Å². The van der Waals surface area contributed by atoms with Gasteiger partial charge in [-0.2, -0.15) is 0 Å². The Morgan fingerprint density at radius 2 is 2.30 bits per heavy atom. The molecule has 0 saturated carbocycles. The van der Waals surface area contributed by atoms with Gasteiger partial charge in [0.15, 0.2) is 12.1 Å². The second-order valence-electron chi connectivity index (χ2n) is 5.26. The van der Waals surface area contributed by atoms with Crippen LogP contribution in [0.3, 0.4) is 0 Å². The minimum atomic E-state index is -0.512. The molecule has 0 bridgehead atoms. The molecule has 1 aliphatic heterocycles. The van der Waals surface area contributed by atoms with Gasteiger partial charge in [-0.3, -0.25) is 4.79 Å². The van der Waals surface area contributed by atoms with E-state index in [0.717, 1.165) is 13.0 Å². The fraction of sp³-hybridized carbons (Fsp3) is 0.222. The molecule has 0 amide bonds. The van der Waals surface area contributed by atoms with E-state index in [9.17, 15) is 9.18 Å². The van der Waals surface area contributed by atoms with Crippen LogP contribution in [-0.2, 0) is 4.74 Å². The molecule has 1 aromatic carbocycles. The van der Waals surface area contributed by atoms with Crippen molar-refractivity contribution in [2.45, 2.75) is 12.5 Å². The minimum Gasteiger partial charge on any atom is -0.381 e. The maximum absolute atomic E-state index is 14.4.